The van der Waals surface area contributed by atoms with Gasteiger partial charge in [0.05, 0.1) is 28.4 Å². The van der Waals surface area contributed by atoms with Gasteiger partial charge in [0.25, 0.3) is 11.8 Å². The van der Waals surface area contributed by atoms with E-state index in [2.05, 4.69) is 10.6 Å². The van der Waals surface area contributed by atoms with Crippen LogP contribution < -0.4 is 26.4 Å². The summed E-state index contributed by atoms with van der Waals surface area (Å²) in [6, 6.07) is 4.37. The summed E-state index contributed by atoms with van der Waals surface area (Å²) in [5.41, 5.74) is 2.42. The zero-order valence-corrected chi connectivity index (χ0v) is 26.8. The van der Waals surface area contributed by atoms with Gasteiger partial charge in [-0.1, -0.05) is 23.7 Å². The minimum atomic E-state index is -4.46. The molecule has 1 fully saturated rings. The zero-order valence-electron chi connectivity index (χ0n) is 25.2. The first-order chi connectivity index (χ1) is 21.2. The van der Waals surface area contributed by atoms with Gasteiger partial charge in [-0.25, -0.2) is 36.6 Å². The highest BCUT2D eigenvalue weighted by Gasteiger charge is 2.47. The Morgan fingerprint density at radius 1 is 1.11 bits per heavy atom. The summed E-state index contributed by atoms with van der Waals surface area (Å²) in [6.45, 7) is 5.97. The number of halogens is 4. The van der Waals surface area contributed by atoms with Crippen molar-refractivity contribution in [3.05, 3.63) is 58.4 Å². The highest BCUT2D eigenvalue weighted by atomic mass is 35.5. The Labute approximate surface area is 268 Å². The number of carbonyl (C=O) groups is 4. The zero-order chi connectivity index (χ0) is 34.2. The fourth-order valence-electron chi connectivity index (χ4n) is 4.96. The van der Waals surface area contributed by atoms with Gasteiger partial charge < -0.3 is 20.3 Å². The van der Waals surface area contributed by atoms with Gasteiger partial charge >= 0.3 is 12.1 Å². The highest BCUT2D eigenvalue weighted by molar-refractivity contribution is 7.91. The lowest BCUT2D eigenvalue weighted by molar-refractivity contribution is -0.120. The lowest BCUT2D eigenvalue weighted by Crippen LogP contribution is -2.54. The number of amides is 5. The number of fused-ring (bicyclic) bond motifs is 1. The third-order valence-electron chi connectivity index (χ3n) is 7.29. The maximum atomic E-state index is 15.3. The quantitative estimate of drug-likeness (QED) is 0.333. The summed E-state index contributed by atoms with van der Waals surface area (Å²) in [4.78, 5) is 52.0. The van der Waals surface area contributed by atoms with Crippen LogP contribution in [0.5, 0.6) is 0 Å². The summed E-state index contributed by atoms with van der Waals surface area (Å²) >= 11 is 5.98. The molecule has 0 spiro atoms. The van der Waals surface area contributed by atoms with E-state index in [1.807, 2.05) is 10.9 Å². The standard InChI is InChI=1S/C29H33ClF3N5O7S/c1-15(17-11-29(32,33)12-17)34-26(41)37-36-24(39)19-9-22-23(10-20(19)31)46(43,44)14-21(35-27(42)45-28(2,3)4)25(40)38(22)13-16-5-7-18(30)8-6-16/h5-10,15,17,21H,11-14H2,1-4H3,(H,35,42)(H,36,39)(H2,34,37,41)/t15?,21-/m0/s1. The summed E-state index contributed by atoms with van der Waals surface area (Å²) in [7, 11) is -4.46. The van der Waals surface area contributed by atoms with Crippen molar-refractivity contribution in [3.8, 4) is 0 Å². The number of sulfone groups is 1. The van der Waals surface area contributed by atoms with E-state index < -0.39 is 98.2 Å². The van der Waals surface area contributed by atoms with Crippen molar-refractivity contribution >= 4 is 51.1 Å². The third kappa shape index (κ3) is 8.40. The summed E-state index contributed by atoms with van der Waals surface area (Å²) in [5, 5.41) is 5.08. The number of alkyl halides is 2. The predicted molar refractivity (Wildman–Crippen MR) is 161 cm³/mol. The number of hydrogen-bond donors (Lipinski definition) is 4. The molecule has 1 heterocycles. The van der Waals surface area contributed by atoms with Crippen LogP contribution in [0.2, 0.25) is 5.02 Å². The summed E-state index contributed by atoms with van der Waals surface area (Å²) in [6.07, 6.45) is -1.86. The molecule has 2 aliphatic rings. The Bertz CT molecular complexity index is 1640. The SMILES string of the molecule is CC(NC(=O)NNC(=O)c1cc2c(cc1F)S(=O)(=O)C[C@H](NC(=O)OC(C)(C)C)C(=O)N2Cc1ccc(Cl)cc1)C1CC(F)(F)C1. The van der Waals surface area contributed by atoms with Crippen LogP contribution in [0, 0.1) is 11.7 Å². The number of benzene rings is 2. The molecule has 1 aliphatic carbocycles. The number of rotatable bonds is 6. The molecule has 1 unspecified atom stereocenters. The van der Waals surface area contributed by atoms with Crippen LogP contribution in [0.1, 0.15) is 56.5 Å². The molecule has 46 heavy (non-hydrogen) atoms. The number of nitrogens with zero attached hydrogens (tertiary/aromatic N) is 1. The van der Waals surface area contributed by atoms with Crippen molar-refractivity contribution < 1.29 is 45.5 Å². The summed E-state index contributed by atoms with van der Waals surface area (Å²) in [5.74, 6) is -7.59. The molecular weight excluding hydrogens is 655 g/mol. The number of ether oxygens (including phenoxy) is 1. The average Bonchev–Trinajstić information content (AvgIpc) is 2.98. The Morgan fingerprint density at radius 2 is 1.74 bits per heavy atom. The van der Waals surface area contributed by atoms with Gasteiger partial charge in [0.1, 0.15) is 17.5 Å². The van der Waals surface area contributed by atoms with Gasteiger partial charge in [0, 0.05) is 23.9 Å². The van der Waals surface area contributed by atoms with Gasteiger partial charge in [0.2, 0.25) is 5.92 Å². The molecule has 0 bridgehead atoms. The Hall–Kier alpha value is -4.05. The van der Waals surface area contributed by atoms with Crippen LogP contribution in [0.25, 0.3) is 0 Å². The van der Waals surface area contributed by atoms with Crippen LogP contribution in [0.15, 0.2) is 41.3 Å². The fraction of sp³-hybridized carbons (Fsp3) is 0.448. The lowest BCUT2D eigenvalue weighted by Gasteiger charge is -2.38. The van der Waals surface area contributed by atoms with Gasteiger partial charge in [-0.15, -0.1) is 0 Å². The molecule has 1 saturated carbocycles. The van der Waals surface area contributed by atoms with Gasteiger partial charge in [-0.3, -0.25) is 15.0 Å². The minimum absolute atomic E-state index is 0.267. The number of alkyl carbamates (subject to hydrolysis) is 1. The number of carbonyl (C=O) groups excluding carboxylic acids is 4. The fourth-order valence-corrected chi connectivity index (χ4v) is 6.70. The second-order valence-corrected chi connectivity index (χ2v) is 14.6. The molecule has 0 saturated heterocycles. The molecular formula is C29H33ClF3N5O7S. The average molecular weight is 688 g/mol. The molecule has 0 radical (unpaired) electrons. The molecule has 12 nitrogen and oxygen atoms in total. The largest absolute Gasteiger partial charge is 0.444 e. The van der Waals surface area contributed by atoms with Gasteiger partial charge in [-0.2, -0.15) is 0 Å². The van der Waals surface area contributed by atoms with Crippen LogP contribution >= 0.6 is 11.6 Å². The van der Waals surface area contributed by atoms with E-state index in [0.29, 0.717) is 16.7 Å². The van der Waals surface area contributed by atoms with Crippen LogP contribution in [0.4, 0.5) is 28.4 Å². The van der Waals surface area contributed by atoms with Gasteiger partial charge in [0.15, 0.2) is 9.84 Å². The normalized spacial score (nSPS) is 19.5. The maximum absolute atomic E-state index is 15.3. The first-order valence-electron chi connectivity index (χ1n) is 14.1. The molecule has 5 amide bonds. The minimum Gasteiger partial charge on any atom is -0.444 e. The Balaban J connectivity index is 1.62. The second-order valence-electron chi connectivity index (χ2n) is 12.2. The number of nitrogens with one attached hydrogen (secondary N) is 4. The molecule has 1 aliphatic heterocycles. The van der Waals surface area contributed by atoms with Crippen molar-refractivity contribution in [2.75, 3.05) is 10.7 Å². The maximum Gasteiger partial charge on any atom is 0.408 e. The van der Waals surface area contributed by atoms with E-state index in [0.717, 1.165) is 11.0 Å². The van der Waals surface area contributed by atoms with E-state index in [4.69, 9.17) is 16.3 Å². The molecule has 0 aromatic heterocycles. The number of urea groups is 1. The van der Waals surface area contributed by atoms with Gasteiger partial charge in [-0.05, 0) is 63.4 Å². The van der Waals surface area contributed by atoms with E-state index >= 15 is 4.39 Å². The molecule has 2 aromatic rings. The first-order valence-corrected chi connectivity index (χ1v) is 16.1. The third-order valence-corrected chi connectivity index (χ3v) is 9.31. The monoisotopic (exact) mass is 687 g/mol. The molecule has 2 aromatic carbocycles. The molecule has 4 rings (SSSR count). The molecule has 17 heteroatoms. The van der Waals surface area contributed by atoms with E-state index in [1.165, 1.54) is 19.1 Å². The van der Waals surface area contributed by atoms with E-state index in [9.17, 15) is 36.4 Å². The highest BCUT2D eigenvalue weighted by Crippen LogP contribution is 2.44. The first kappa shape index (κ1) is 34.8. The van der Waals surface area contributed by atoms with Crippen LogP contribution in [-0.4, -0.2) is 61.7 Å². The summed E-state index contributed by atoms with van der Waals surface area (Å²) < 4.78 is 73.8. The van der Waals surface area contributed by atoms with Crippen LogP contribution in [-0.2, 0) is 25.9 Å². The lowest BCUT2D eigenvalue weighted by atomic mass is 9.77. The second kappa shape index (κ2) is 13.0. The van der Waals surface area contributed by atoms with Crippen molar-refractivity contribution in [2.45, 2.75) is 75.6 Å². The number of anilines is 1. The predicted octanol–water partition coefficient (Wildman–Crippen LogP) is 4.07. The smallest absolute Gasteiger partial charge is 0.408 e. The Kier molecular flexibility index (Phi) is 9.83. The molecule has 2 atom stereocenters. The van der Waals surface area contributed by atoms with Crippen molar-refractivity contribution in [1.82, 2.24) is 21.5 Å². The van der Waals surface area contributed by atoms with E-state index in [1.54, 1.807) is 32.9 Å². The van der Waals surface area contributed by atoms with Crippen molar-refractivity contribution in [2.24, 2.45) is 5.92 Å². The van der Waals surface area contributed by atoms with Crippen molar-refractivity contribution in [1.29, 1.82) is 0 Å². The number of hydrogen-bond acceptors (Lipinski definition) is 7. The number of hydrazine groups is 1. The Morgan fingerprint density at radius 3 is 2.33 bits per heavy atom. The molecule has 250 valence electrons. The van der Waals surface area contributed by atoms with E-state index in [-0.39, 0.29) is 12.2 Å². The van der Waals surface area contributed by atoms with Crippen molar-refractivity contribution in [3.63, 3.8) is 0 Å². The van der Waals surface area contributed by atoms with Crippen LogP contribution in [0.3, 0.4) is 0 Å². The topological polar surface area (TPSA) is 163 Å². The molecule has 4 N–H and O–H groups in total.